The van der Waals surface area contributed by atoms with Crippen LogP contribution in [0.5, 0.6) is 23.0 Å². The monoisotopic (exact) mass is 383 g/mol. The normalized spacial score (nSPS) is 13.7. The van der Waals surface area contributed by atoms with Crippen molar-refractivity contribution in [2.24, 2.45) is 0 Å². The van der Waals surface area contributed by atoms with Gasteiger partial charge < -0.3 is 23.9 Å². The molecule has 3 aromatic carbocycles. The molecule has 2 aliphatic heterocycles. The number of nitrogens with one attached hydrogen (secondary N) is 1. The van der Waals surface area contributed by atoms with Gasteiger partial charge in [-0.2, -0.15) is 0 Å². The zero-order valence-electron chi connectivity index (χ0n) is 15.5. The Bertz CT molecular complexity index is 1140. The Morgan fingerprint density at radius 3 is 1.90 bits per heavy atom. The molecule has 0 bridgehead atoms. The summed E-state index contributed by atoms with van der Waals surface area (Å²) >= 11 is 0. The summed E-state index contributed by atoms with van der Waals surface area (Å²) < 4.78 is 22.1. The maximum absolute atomic E-state index is 5.59. The molecule has 1 aromatic heterocycles. The summed E-state index contributed by atoms with van der Waals surface area (Å²) in [5.41, 5.74) is 6.36. The van der Waals surface area contributed by atoms with E-state index in [1.165, 1.54) is 0 Å². The highest BCUT2D eigenvalue weighted by molar-refractivity contribution is 5.87. The molecule has 5 nitrogen and oxygen atoms in total. The van der Waals surface area contributed by atoms with E-state index in [0.717, 1.165) is 56.6 Å². The molecule has 2 aliphatic rings. The summed E-state index contributed by atoms with van der Waals surface area (Å²) in [6.45, 7) is 0.518. The number of rotatable bonds is 3. The molecule has 5 heteroatoms. The highest BCUT2D eigenvalue weighted by atomic mass is 16.7. The van der Waals surface area contributed by atoms with Crippen LogP contribution in [0.15, 0.2) is 72.8 Å². The van der Waals surface area contributed by atoms with Crippen molar-refractivity contribution in [3.05, 3.63) is 72.8 Å². The van der Waals surface area contributed by atoms with Crippen LogP contribution in [0.2, 0.25) is 0 Å². The van der Waals surface area contributed by atoms with Crippen LogP contribution < -0.4 is 18.9 Å². The molecule has 0 amide bonds. The predicted octanol–water partition coefficient (Wildman–Crippen LogP) is 5.47. The fourth-order valence-electron chi connectivity index (χ4n) is 3.80. The summed E-state index contributed by atoms with van der Waals surface area (Å²) in [5, 5.41) is 0. The number of benzene rings is 3. The van der Waals surface area contributed by atoms with Crippen molar-refractivity contribution in [1.29, 1.82) is 0 Å². The molecule has 3 heterocycles. The minimum Gasteiger partial charge on any atom is -0.454 e. The molecular weight excluding hydrogens is 366 g/mol. The highest BCUT2D eigenvalue weighted by Crippen LogP contribution is 2.43. The summed E-state index contributed by atoms with van der Waals surface area (Å²) in [4.78, 5) is 3.60. The lowest BCUT2D eigenvalue weighted by Crippen LogP contribution is -1.92. The molecule has 6 rings (SSSR count). The first kappa shape index (κ1) is 16.1. The number of hydrogen-bond donors (Lipinski definition) is 1. The van der Waals surface area contributed by atoms with E-state index >= 15 is 0 Å². The molecular formula is C24H17NO4. The lowest BCUT2D eigenvalue weighted by molar-refractivity contribution is 0.173. The zero-order chi connectivity index (χ0) is 19.2. The Hall–Kier alpha value is -3.86. The Balaban J connectivity index is 1.53. The Labute approximate surface area is 167 Å². The maximum atomic E-state index is 5.59. The van der Waals surface area contributed by atoms with Crippen LogP contribution in [0.25, 0.3) is 33.6 Å². The van der Waals surface area contributed by atoms with Crippen molar-refractivity contribution in [2.75, 3.05) is 13.6 Å². The molecule has 0 unspecified atom stereocenters. The summed E-state index contributed by atoms with van der Waals surface area (Å²) in [5.74, 6) is 3.07. The van der Waals surface area contributed by atoms with Gasteiger partial charge in [-0.3, -0.25) is 0 Å². The zero-order valence-corrected chi connectivity index (χ0v) is 15.5. The van der Waals surface area contributed by atoms with Crippen LogP contribution in [0.4, 0.5) is 0 Å². The largest absolute Gasteiger partial charge is 0.454 e. The topological polar surface area (TPSA) is 52.7 Å². The van der Waals surface area contributed by atoms with Crippen LogP contribution in [-0.2, 0) is 0 Å². The number of aromatic nitrogens is 1. The van der Waals surface area contributed by atoms with Gasteiger partial charge in [0.25, 0.3) is 0 Å². The smallest absolute Gasteiger partial charge is 0.231 e. The van der Waals surface area contributed by atoms with Gasteiger partial charge in [-0.15, -0.1) is 0 Å². The van der Waals surface area contributed by atoms with Crippen LogP contribution in [0, 0.1) is 0 Å². The highest BCUT2D eigenvalue weighted by Gasteiger charge is 2.20. The summed E-state index contributed by atoms with van der Waals surface area (Å²) in [7, 11) is 0. The Morgan fingerprint density at radius 1 is 0.552 bits per heavy atom. The third-order valence-corrected chi connectivity index (χ3v) is 5.25. The molecule has 0 saturated heterocycles. The van der Waals surface area contributed by atoms with Crippen molar-refractivity contribution < 1.29 is 18.9 Å². The minimum atomic E-state index is 0.258. The van der Waals surface area contributed by atoms with Gasteiger partial charge in [-0.05, 0) is 47.5 Å². The van der Waals surface area contributed by atoms with Gasteiger partial charge in [0.2, 0.25) is 13.6 Å². The van der Waals surface area contributed by atoms with Crippen LogP contribution in [0.3, 0.4) is 0 Å². The molecule has 142 valence electrons. The molecule has 0 aliphatic carbocycles. The van der Waals surface area contributed by atoms with E-state index in [4.69, 9.17) is 18.9 Å². The molecule has 0 atom stereocenters. The number of fused-ring (bicyclic) bond motifs is 2. The SMILES string of the molecule is c1ccc(-c2cc(-c3ccc4c(c3)OCO4)c(-c3ccc4c(c3)OCO4)[nH]2)cc1. The average molecular weight is 383 g/mol. The lowest BCUT2D eigenvalue weighted by atomic mass is 10.00. The number of aromatic amines is 1. The van der Waals surface area contributed by atoms with Crippen molar-refractivity contribution in [2.45, 2.75) is 0 Å². The van der Waals surface area contributed by atoms with E-state index in [9.17, 15) is 0 Å². The molecule has 29 heavy (non-hydrogen) atoms. The third kappa shape index (κ3) is 2.70. The van der Waals surface area contributed by atoms with Crippen LogP contribution in [0.1, 0.15) is 0 Å². The van der Waals surface area contributed by atoms with E-state index in [0.29, 0.717) is 0 Å². The molecule has 0 radical (unpaired) electrons. The van der Waals surface area contributed by atoms with Gasteiger partial charge >= 0.3 is 0 Å². The van der Waals surface area contributed by atoms with Crippen LogP contribution in [-0.4, -0.2) is 18.6 Å². The first-order valence-corrected chi connectivity index (χ1v) is 9.44. The molecule has 1 N–H and O–H groups in total. The number of hydrogen-bond acceptors (Lipinski definition) is 4. The van der Waals surface area contributed by atoms with Gasteiger partial charge in [0.15, 0.2) is 23.0 Å². The van der Waals surface area contributed by atoms with Crippen molar-refractivity contribution in [1.82, 2.24) is 4.98 Å². The predicted molar refractivity (Wildman–Crippen MR) is 109 cm³/mol. The fraction of sp³-hybridized carbons (Fsp3) is 0.0833. The average Bonchev–Trinajstić information content (AvgIpc) is 3.52. The van der Waals surface area contributed by atoms with Crippen LogP contribution >= 0.6 is 0 Å². The van der Waals surface area contributed by atoms with Gasteiger partial charge in [-0.1, -0.05) is 36.4 Å². The lowest BCUT2D eigenvalue weighted by Gasteiger charge is -2.07. The van der Waals surface area contributed by atoms with E-state index in [1.54, 1.807) is 0 Å². The molecule has 0 fully saturated rings. The first-order valence-electron chi connectivity index (χ1n) is 9.44. The summed E-state index contributed by atoms with van der Waals surface area (Å²) in [6.07, 6.45) is 0. The third-order valence-electron chi connectivity index (χ3n) is 5.25. The minimum absolute atomic E-state index is 0.258. The number of H-pyrrole nitrogens is 1. The van der Waals surface area contributed by atoms with E-state index in [1.807, 2.05) is 48.5 Å². The van der Waals surface area contributed by atoms with Crippen molar-refractivity contribution in [3.8, 4) is 56.6 Å². The van der Waals surface area contributed by atoms with E-state index in [2.05, 4.69) is 29.2 Å². The van der Waals surface area contributed by atoms with Crippen molar-refractivity contribution in [3.63, 3.8) is 0 Å². The number of ether oxygens (including phenoxy) is 4. The van der Waals surface area contributed by atoms with Crippen molar-refractivity contribution >= 4 is 0 Å². The molecule has 0 saturated carbocycles. The molecule has 0 spiro atoms. The second kappa shape index (κ2) is 6.34. The fourth-order valence-corrected chi connectivity index (χ4v) is 3.80. The summed E-state index contributed by atoms with van der Waals surface area (Å²) in [6, 6.07) is 24.5. The molecule has 4 aromatic rings. The van der Waals surface area contributed by atoms with E-state index < -0.39 is 0 Å². The van der Waals surface area contributed by atoms with Gasteiger partial charge in [0, 0.05) is 16.8 Å². The first-order chi connectivity index (χ1) is 14.3. The second-order valence-electron chi connectivity index (χ2n) is 6.97. The standard InChI is InChI=1S/C24H17NO4/c1-2-4-15(5-3-1)19-12-18(16-6-8-20-22(10-16)28-13-26-20)24(25-19)17-7-9-21-23(11-17)29-14-27-21/h1-12,25H,13-14H2. The maximum Gasteiger partial charge on any atom is 0.231 e. The Kier molecular flexibility index (Phi) is 3.53. The van der Waals surface area contributed by atoms with Gasteiger partial charge in [0.1, 0.15) is 0 Å². The van der Waals surface area contributed by atoms with E-state index in [-0.39, 0.29) is 13.6 Å². The van der Waals surface area contributed by atoms with Gasteiger partial charge in [-0.25, -0.2) is 0 Å². The van der Waals surface area contributed by atoms with Gasteiger partial charge in [0.05, 0.1) is 5.69 Å². The Morgan fingerprint density at radius 2 is 1.17 bits per heavy atom. The second-order valence-corrected chi connectivity index (χ2v) is 6.97. The quantitative estimate of drug-likeness (QED) is 0.509.